The molecule has 3 amide bonds. The number of piperazine rings is 1. The van der Waals surface area contributed by atoms with Gasteiger partial charge in [-0.05, 0) is 39.0 Å². The first-order valence-corrected chi connectivity index (χ1v) is 10.1. The first-order valence-electron chi connectivity index (χ1n) is 10.1. The third-order valence-corrected chi connectivity index (χ3v) is 4.99. The van der Waals surface area contributed by atoms with Crippen LogP contribution in [0.4, 0.5) is 19.7 Å². The van der Waals surface area contributed by atoms with Crippen molar-refractivity contribution in [2.45, 2.75) is 32.4 Å². The number of carbonyl (C=O) groups is 3. The summed E-state index contributed by atoms with van der Waals surface area (Å²) in [5.41, 5.74) is -0.383. The van der Waals surface area contributed by atoms with Crippen LogP contribution < -0.4 is 4.90 Å². The molecule has 0 spiro atoms. The first kappa shape index (κ1) is 22.8. The van der Waals surface area contributed by atoms with Crippen molar-refractivity contribution in [3.05, 3.63) is 29.6 Å². The summed E-state index contributed by atoms with van der Waals surface area (Å²) in [5.74, 6) is -1.04. The number of halogens is 1. The van der Waals surface area contributed by atoms with Crippen LogP contribution in [0.2, 0.25) is 0 Å². The second-order valence-corrected chi connectivity index (χ2v) is 8.48. The zero-order chi connectivity index (χ0) is 22.8. The molecule has 3 rings (SSSR count). The molecule has 1 aromatic carbocycles. The summed E-state index contributed by atoms with van der Waals surface area (Å²) in [4.78, 5) is 41.3. The number of carbonyl (C=O) groups excluding carboxylic acids is 3. The number of benzene rings is 1. The summed E-state index contributed by atoms with van der Waals surface area (Å²) < 4.78 is 30.2. The van der Waals surface area contributed by atoms with Gasteiger partial charge in [-0.25, -0.2) is 14.0 Å². The molecule has 0 radical (unpaired) electrons. The molecule has 0 saturated carbocycles. The van der Waals surface area contributed by atoms with Crippen molar-refractivity contribution in [3.63, 3.8) is 0 Å². The molecule has 0 bridgehead atoms. The van der Waals surface area contributed by atoms with Crippen LogP contribution in [-0.2, 0) is 14.2 Å². The van der Waals surface area contributed by atoms with Gasteiger partial charge in [-0.2, -0.15) is 0 Å². The molecular formula is C21H28FN3O6. The molecule has 0 N–H and O–H groups in total. The molecule has 31 heavy (non-hydrogen) atoms. The Labute approximate surface area is 180 Å². The molecule has 10 heteroatoms. The van der Waals surface area contributed by atoms with Crippen LogP contribution in [0, 0.1) is 5.82 Å². The van der Waals surface area contributed by atoms with Crippen molar-refractivity contribution in [3.8, 4) is 0 Å². The highest BCUT2D eigenvalue weighted by molar-refractivity contribution is 5.96. The van der Waals surface area contributed by atoms with Gasteiger partial charge in [0.1, 0.15) is 18.0 Å². The van der Waals surface area contributed by atoms with Crippen LogP contribution in [-0.4, -0.2) is 86.0 Å². The number of anilines is 1. The lowest BCUT2D eigenvalue weighted by Gasteiger charge is -2.35. The standard InChI is InChI=1S/C21H28FN3O6/c1-21(2,3)31-19(27)24-9-7-23(8-10-24)18(26)14-5-6-17(16(22)11-14)25-15(12-29-4)13-30-20(25)28/h5-6,11,15H,7-10,12-13H2,1-4H3/t15-/m1/s1. The van der Waals surface area contributed by atoms with Crippen LogP contribution in [0.25, 0.3) is 0 Å². The van der Waals surface area contributed by atoms with Crippen LogP contribution in [0.5, 0.6) is 0 Å². The molecule has 1 aromatic rings. The van der Waals surface area contributed by atoms with Gasteiger partial charge in [-0.15, -0.1) is 0 Å². The van der Waals surface area contributed by atoms with Gasteiger partial charge in [0.25, 0.3) is 5.91 Å². The molecular weight excluding hydrogens is 409 g/mol. The molecule has 170 valence electrons. The van der Waals surface area contributed by atoms with Crippen molar-refractivity contribution in [1.82, 2.24) is 9.80 Å². The molecule has 9 nitrogen and oxygen atoms in total. The van der Waals surface area contributed by atoms with Gasteiger partial charge < -0.3 is 24.0 Å². The highest BCUT2D eigenvalue weighted by Gasteiger charge is 2.36. The highest BCUT2D eigenvalue weighted by Crippen LogP contribution is 2.27. The van der Waals surface area contributed by atoms with Crippen molar-refractivity contribution >= 4 is 23.8 Å². The van der Waals surface area contributed by atoms with E-state index in [1.54, 1.807) is 30.6 Å². The Bertz CT molecular complexity index is 848. The maximum absolute atomic E-state index is 14.8. The Hall–Kier alpha value is -2.88. The van der Waals surface area contributed by atoms with Gasteiger partial charge >= 0.3 is 12.2 Å². The largest absolute Gasteiger partial charge is 0.447 e. The fourth-order valence-corrected chi connectivity index (χ4v) is 3.51. The number of methoxy groups -OCH3 is 1. The van der Waals surface area contributed by atoms with Crippen molar-refractivity contribution < 1.29 is 33.0 Å². The Balaban J connectivity index is 1.65. The fourth-order valence-electron chi connectivity index (χ4n) is 3.51. The monoisotopic (exact) mass is 437 g/mol. The highest BCUT2D eigenvalue weighted by atomic mass is 19.1. The predicted octanol–water partition coefficient (Wildman–Crippen LogP) is 2.49. The molecule has 0 aliphatic carbocycles. The third-order valence-electron chi connectivity index (χ3n) is 4.99. The second-order valence-electron chi connectivity index (χ2n) is 8.48. The summed E-state index contributed by atoms with van der Waals surface area (Å²) in [7, 11) is 1.49. The number of hydrogen-bond donors (Lipinski definition) is 0. The topological polar surface area (TPSA) is 88.6 Å². The normalized spacial score (nSPS) is 19.5. The van der Waals surface area contributed by atoms with Gasteiger partial charge in [0.15, 0.2) is 0 Å². The van der Waals surface area contributed by atoms with E-state index in [4.69, 9.17) is 14.2 Å². The van der Waals surface area contributed by atoms with Crippen molar-refractivity contribution in [2.75, 3.05) is 51.4 Å². The Kier molecular flexibility index (Phi) is 6.68. The first-order chi connectivity index (χ1) is 14.6. The summed E-state index contributed by atoms with van der Waals surface area (Å²) >= 11 is 0. The lowest BCUT2D eigenvalue weighted by molar-refractivity contribution is 0.0141. The van der Waals surface area contributed by atoms with Crippen LogP contribution in [0.3, 0.4) is 0 Å². The zero-order valence-corrected chi connectivity index (χ0v) is 18.2. The number of nitrogens with zero attached hydrogens (tertiary/aromatic N) is 3. The Morgan fingerprint density at radius 2 is 1.81 bits per heavy atom. The van der Waals surface area contributed by atoms with E-state index in [0.29, 0.717) is 26.2 Å². The summed E-state index contributed by atoms with van der Waals surface area (Å²) in [5, 5.41) is 0. The van der Waals surface area contributed by atoms with E-state index in [-0.39, 0.29) is 30.4 Å². The van der Waals surface area contributed by atoms with Gasteiger partial charge in [0, 0.05) is 38.9 Å². The number of amides is 3. The summed E-state index contributed by atoms with van der Waals surface area (Å²) in [6.07, 6.45) is -1.07. The van der Waals surface area contributed by atoms with E-state index < -0.39 is 29.6 Å². The molecule has 1 atom stereocenters. The van der Waals surface area contributed by atoms with Crippen LogP contribution >= 0.6 is 0 Å². The van der Waals surface area contributed by atoms with Crippen molar-refractivity contribution in [2.24, 2.45) is 0 Å². The molecule has 2 aliphatic rings. The molecule has 0 aromatic heterocycles. The van der Waals surface area contributed by atoms with Gasteiger partial charge in [-0.3, -0.25) is 9.69 Å². The maximum atomic E-state index is 14.8. The SMILES string of the molecule is COC[C@@H]1COC(=O)N1c1ccc(C(=O)N2CCN(C(=O)OC(C)(C)C)CC2)cc1F. The van der Waals surface area contributed by atoms with Crippen LogP contribution in [0.1, 0.15) is 31.1 Å². The maximum Gasteiger partial charge on any atom is 0.414 e. The molecule has 2 aliphatic heterocycles. The predicted molar refractivity (Wildman–Crippen MR) is 110 cm³/mol. The number of hydrogen-bond acceptors (Lipinski definition) is 6. The van der Waals surface area contributed by atoms with E-state index in [0.717, 1.165) is 6.07 Å². The van der Waals surface area contributed by atoms with Gasteiger partial charge in [0.05, 0.1) is 18.3 Å². The minimum Gasteiger partial charge on any atom is -0.447 e. The molecule has 2 heterocycles. The third kappa shape index (κ3) is 5.25. The quantitative estimate of drug-likeness (QED) is 0.719. The fraction of sp³-hybridized carbons (Fsp3) is 0.571. The second kappa shape index (κ2) is 9.09. The summed E-state index contributed by atoms with van der Waals surface area (Å²) in [6.45, 7) is 6.99. The van der Waals surface area contributed by atoms with Crippen molar-refractivity contribution in [1.29, 1.82) is 0 Å². The smallest absolute Gasteiger partial charge is 0.414 e. The van der Waals surface area contributed by atoms with Gasteiger partial charge in [-0.1, -0.05) is 0 Å². The molecule has 2 saturated heterocycles. The lowest BCUT2D eigenvalue weighted by atomic mass is 10.1. The minimum absolute atomic E-state index is 0.0378. The average Bonchev–Trinajstić information content (AvgIpc) is 3.06. The van der Waals surface area contributed by atoms with E-state index in [1.807, 2.05) is 0 Å². The molecule has 0 unspecified atom stereocenters. The molecule has 2 fully saturated rings. The lowest BCUT2D eigenvalue weighted by Crippen LogP contribution is -2.51. The Morgan fingerprint density at radius 3 is 2.39 bits per heavy atom. The average molecular weight is 437 g/mol. The number of cyclic esters (lactones) is 1. The van der Waals surface area contributed by atoms with E-state index in [1.165, 1.54) is 24.1 Å². The van der Waals surface area contributed by atoms with E-state index in [9.17, 15) is 18.8 Å². The van der Waals surface area contributed by atoms with E-state index >= 15 is 0 Å². The Morgan fingerprint density at radius 1 is 1.16 bits per heavy atom. The van der Waals surface area contributed by atoms with E-state index in [2.05, 4.69) is 0 Å². The van der Waals surface area contributed by atoms with Gasteiger partial charge in [0.2, 0.25) is 0 Å². The minimum atomic E-state index is -0.696. The number of ether oxygens (including phenoxy) is 3. The zero-order valence-electron chi connectivity index (χ0n) is 18.2. The summed E-state index contributed by atoms with van der Waals surface area (Å²) in [6, 6.07) is 3.56. The van der Waals surface area contributed by atoms with Crippen LogP contribution in [0.15, 0.2) is 18.2 Å². The number of rotatable bonds is 4.